The van der Waals surface area contributed by atoms with E-state index in [0.717, 1.165) is 24.5 Å². The topological polar surface area (TPSA) is 113 Å². The second-order valence-electron chi connectivity index (χ2n) is 6.71. The van der Waals surface area contributed by atoms with E-state index in [1.165, 1.54) is 16.7 Å². The third kappa shape index (κ3) is 3.43. The monoisotopic (exact) mass is 401 g/mol. The quantitative estimate of drug-likeness (QED) is 0.601. The molecule has 1 aliphatic rings. The highest BCUT2D eigenvalue weighted by atomic mass is 19.1. The summed E-state index contributed by atoms with van der Waals surface area (Å²) in [6.45, 7) is 1.42. The van der Waals surface area contributed by atoms with Gasteiger partial charge in [0.15, 0.2) is 0 Å². The van der Waals surface area contributed by atoms with Crippen LogP contribution in [-0.2, 0) is 0 Å². The highest BCUT2D eigenvalue weighted by Crippen LogP contribution is 2.27. The molecular formula is C19H17F2N5O3. The first-order valence-corrected chi connectivity index (χ1v) is 8.83. The van der Waals surface area contributed by atoms with E-state index in [2.05, 4.69) is 10.3 Å². The van der Waals surface area contributed by atoms with Gasteiger partial charge in [0.2, 0.25) is 5.43 Å². The number of aromatic nitrogens is 2. The van der Waals surface area contributed by atoms with Gasteiger partial charge in [-0.1, -0.05) is 0 Å². The fourth-order valence-electron chi connectivity index (χ4n) is 3.43. The van der Waals surface area contributed by atoms with E-state index in [4.69, 9.17) is 5.73 Å². The third-order valence-electron chi connectivity index (χ3n) is 4.81. The molecule has 0 amide bonds. The predicted molar refractivity (Wildman–Crippen MR) is 102 cm³/mol. The van der Waals surface area contributed by atoms with E-state index in [-0.39, 0.29) is 28.6 Å². The maximum atomic E-state index is 14.9. The number of piperazine rings is 1. The summed E-state index contributed by atoms with van der Waals surface area (Å²) in [7, 11) is 0. The average molecular weight is 401 g/mol. The Balaban J connectivity index is 1.99. The van der Waals surface area contributed by atoms with Gasteiger partial charge >= 0.3 is 5.97 Å². The molecule has 1 aliphatic heterocycles. The van der Waals surface area contributed by atoms with Crippen LogP contribution >= 0.6 is 0 Å². The Labute approximate surface area is 163 Å². The maximum absolute atomic E-state index is 14.9. The van der Waals surface area contributed by atoms with Crippen LogP contribution in [0.25, 0.3) is 16.7 Å². The van der Waals surface area contributed by atoms with Crippen LogP contribution in [0.4, 0.5) is 14.5 Å². The summed E-state index contributed by atoms with van der Waals surface area (Å²) in [4.78, 5) is 29.8. The minimum absolute atomic E-state index is 0.114. The molecule has 3 heterocycles. The zero-order valence-electron chi connectivity index (χ0n) is 15.1. The van der Waals surface area contributed by atoms with Crippen molar-refractivity contribution in [2.75, 3.05) is 24.5 Å². The number of benzene rings is 1. The Kier molecular flexibility index (Phi) is 4.73. The van der Waals surface area contributed by atoms with Crippen molar-refractivity contribution in [2.45, 2.75) is 6.17 Å². The molecule has 0 aliphatic carbocycles. The Morgan fingerprint density at radius 1 is 1.31 bits per heavy atom. The molecule has 0 saturated carbocycles. The van der Waals surface area contributed by atoms with Crippen molar-refractivity contribution in [3.05, 3.63) is 64.1 Å². The number of pyridine rings is 2. The second kappa shape index (κ2) is 7.22. The minimum Gasteiger partial charge on any atom is -0.477 e. The normalized spacial score (nSPS) is 16.9. The summed E-state index contributed by atoms with van der Waals surface area (Å²) in [5.41, 5.74) is 5.02. The van der Waals surface area contributed by atoms with E-state index in [9.17, 15) is 23.5 Å². The highest BCUT2D eigenvalue weighted by Gasteiger charge is 2.23. The number of nitrogens with one attached hydrogen (secondary N) is 1. The van der Waals surface area contributed by atoms with Crippen molar-refractivity contribution >= 4 is 22.6 Å². The van der Waals surface area contributed by atoms with Gasteiger partial charge in [-0.15, -0.1) is 0 Å². The van der Waals surface area contributed by atoms with Crippen LogP contribution in [-0.4, -0.2) is 46.4 Å². The lowest BCUT2D eigenvalue weighted by Gasteiger charge is -2.33. The van der Waals surface area contributed by atoms with Gasteiger partial charge in [-0.2, -0.15) is 0 Å². The number of carboxylic acid groups (broad SMARTS) is 1. The summed E-state index contributed by atoms with van der Waals surface area (Å²) >= 11 is 0. The fraction of sp³-hybridized carbons (Fsp3) is 0.211. The molecule has 1 fully saturated rings. The SMILES string of the molecule is NC1CN(c2cc3c(cc2F)c(=O)c(C(=O)O)cn3-c2ccc(F)cn2)CCN1. The van der Waals surface area contributed by atoms with Gasteiger partial charge in [0.1, 0.15) is 23.0 Å². The van der Waals surface area contributed by atoms with E-state index in [0.29, 0.717) is 19.6 Å². The van der Waals surface area contributed by atoms with Gasteiger partial charge < -0.3 is 20.3 Å². The predicted octanol–water partition coefficient (Wildman–Crippen LogP) is 1.06. The maximum Gasteiger partial charge on any atom is 0.341 e. The average Bonchev–Trinajstić information content (AvgIpc) is 2.69. The lowest BCUT2D eigenvalue weighted by atomic mass is 10.1. The highest BCUT2D eigenvalue weighted by molar-refractivity contribution is 5.94. The van der Waals surface area contributed by atoms with Crippen LogP contribution in [0, 0.1) is 11.6 Å². The molecule has 10 heteroatoms. The number of nitrogens with two attached hydrogens (primary N) is 1. The first kappa shape index (κ1) is 19.0. The molecule has 0 spiro atoms. The zero-order chi connectivity index (χ0) is 20.7. The molecule has 1 atom stereocenters. The van der Waals surface area contributed by atoms with Crippen molar-refractivity contribution in [1.29, 1.82) is 0 Å². The lowest BCUT2D eigenvalue weighted by Crippen LogP contribution is -2.55. The molecule has 29 heavy (non-hydrogen) atoms. The van der Waals surface area contributed by atoms with Crippen LogP contribution in [0.2, 0.25) is 0 Å². The molecule has 1 unspecified atom stereocenters. The minimum atomic E-state index is -1.45. The smallest absolute Gasteiger partial charge is 0.341 e. The standard InChI is InChI=1S/C19H17F2N5O3/c20-10-1-2-17(24-7-10)26-8-12(19(28)29)18(27)11-5-13(21)15(6-14(11)26)25-4-3-23-16(22)9-25/h1-2,5-8,16,23H,3-4,9,22H2,(H,28,29). The number of rotatable bonds is 3. The van der Waals surface area contributed by atoms with E-state index in [1.807, 2.05) is 0 Å². The van der Waals surface area contributed by atoms with Crippen molar-refractivity contribution in [3.63, 3.8) is 0 Å². The molecule has 4 rings (SSSR count). The van der Waals surface area contributed by atoms with Gasteiger partial charge in [-0.3, -0.25) is 10.1 Å². The number of nitrogens with zero attached hydrogens (tertiary/aromatic N) is 3. The number of carboxylic acids is 1. The fourth-order valence-corrected chi connectivity index (χ4v) is 3.43. The van der Waals surface area contributed by atoms with Gasteiger partial charge in [0.25, 0.3) is 0 Å². The molecular weight excluding hydrogens is 384 g/mol. The second-order valence-corrected chi connectivity index (χ2v) is 6.71. The summed E-state index contributed by atoms with van der Waals surface area (Å²) in [6.07, 6.45) is 1.74. The van der Waals surface area contributed by atoms with Gasteiger partial charge in [0.05, 0.1) is 29.0 Å². The van der Waals surface area contributed by atoms with Gasteiger partial charge in [-0.05, 0) is 24.3 Å². The first-order chi connectivity index (χ1) is 13.8. The van der Waals surface area contributed by atoms with Crippen molar-refractivity contribution in [3.8, 4) is 5.82 Å². The zero-order valence-corrected chi connectivity index (χ0v) is 15.1. The van der Waals surface area contributed by atoms with Crippen LogP contribution in [0.1, 0.15) is 10.4 Å². The largest absolute Gasteiger partial charge is 0.477 e. The van der Waals surface area contributed by atoms with Crippen LogP contribution in [0.5, 0.6) is 0 Å². The number of halogens is 2. The first-order valence-electron chi connectivity index (χ1n) is 8.83. The molecule has 0 radical (unpaired) electrons. The molecule has 1 aromatic carbocycles. The Hall–Kier alpha value is -3.37. The molecule has 1 saturated heterocycles. The number of carbonyl (C=O) groups is 1. The molecule has 3 aromatic rings. The number of hydrogen-bond donors (Lipinski definition) is 3. The molecule has 8 nitrogen and oxygen atoms in total. The van der Waals surface area contributed by atoms with Crippen LogP contribution < -0.4 is 21.4 Å². The van der Waals surface area contributed by atoms with Gasteiger partial charge in [-0.25, -0.2) is 18.6 Å². The Morgan fingerprint density at radius 2 is 2.10 bits per heavy atom. The Morgan fingerprint density at radius 3 is 2.76 bits per heavy atom. The number of aromatic carboxylic acids is 1. The number of anilines is 1. The van der Waals surface area contributed by atoms with Crippen LogP contribution in [0.3, 0.4) is 0 Å². The van der Waals surface area contributed by atoms with Crippen molar-refractivity contribution in [1.82, 2.24) is 14.9 Å². The van der Waals surface area contributed by atoms with E-state index >= 15 is 0 Å². The summed E-state index contributed by atoms with van der Waals surface area (Å²) in [5, 5.41) is 12.3. The molecule has 150 valence electrons. The van der Waals surface area contributed by atoms with Gasteiger partial charge in [0, 0.05) is 25.8 Å². The summed E-state index contributed by atoms with van der Waals surface area (Å²) in [5.74, 6) is -2.50. The Bertz CT molecular complexity index is 1160. The van der Waals surface area contributed by atoms with E-state index in [1.54, 1.807) is 4.90 Å². The molecule has 4 N–H and O–H groups in total. The van der Waals surface area contributed by atoms with Crippen LogP contribution in [0.15, 0.2) is 41.5 Å². The van der Waals surface area contributed by atoms with E-state index < -0.39 is 28.6 Å². The lowest BCUT2D eigenvalue weighted by molar-refractivity contribution is 0.0695. The molecule has 2 aromatic heterocycles. The number of fused-ring (bicyclic) bond motifs is 1. The van der Waals surface area contributed by atoms with Crippen molar-refractivity contribution < 1.29 is 18.7 Å². The molecule has 0 bridgehead atoms. The van der Waals surface area contributed by atoms with Crippen molar-refractivity contribution in [2.24, 2.45) is 5.73 Å². The summed E-state index contributed by atoms with van der Waals surface area (Å²) in [6, 6.07) is 4.98. The number of hydrogen-bond acceptors (Lipinski definition) is 6. The summed E-state index contributed by atoms with van der Waals surface area (Å²) < 4.78 is 29.5. The third-order valence-corrected chi connectivity index (χ3v) is 4.81.